The molecule has 0 spiro atoms. The Kier molecular flexibility index (Phi) is 4.44. The van der Waals surface area contributed by atoms with Crippen LogP contribution >= 0.6 is 0 Å². The van der Waals surface area contributed by atoms with Gasteiger partial charge >= 0.3 is 0 Å². The fourth-order valence-electron chi connectivity index (χ4n) is 2.24. The van der Waals surface area contributed by atoms with Gasteiger partial charge in [-0.05, 0) is 32.1 Å². The lowest BCUT2D eigenvalue weighted by atomic mass is 10.1. The highest BCUT2D eigenvalue weighted by Crippen LogP contribution is 2.31. The van der Waals surface area contributed by atoms with E-state index in [-0.39, 0.29) is 0 Å². The van der Waals surface area contributed by atoms with Crippen molar-refractivity contribution in [2.45, 2.75) is 32.9 Å². The number of rotatable bonds is 5. The van der Waals surface area contributed by atoms with Gasteiger partial charge in [-0.1, -0.05) is 13.3 Å². The zero-order chi connectivity index (χ0) is 13.0. The van der Waals surface area contributed by atoms with Gasteiger partial charge in [0.2, 0.25) is 0 Å². The first kappa shape index (κ1) is 13.2. The topological polar surface area (TPSA) is 47.7 Å². The standard InChI is InChI=1S/C14H22N2O2/c1-3-4-5-16(2)8-11-6-13(15)7-12-9-17-10-18-14(11)12/h6-7H,3-5,8-10,15H2,1-2H3. The quantitative estimate of drug-likeness (QED) is 0.815. The van der Waals surface area contributed by atoms with Crippen molar-refractivity contribution in [3.63, 3.8) is 0 Å². The molecule has 1 aliphatic heterocycles. The molecule has 0 atom stereocenters. The molecule has 0 aromatic heterocycles. The minimum atomic E-state index is 0.336. The van der Waals surface area contributed by atoms with Gasteiger partial charge in [0.25, 0.3) is 0 Å². The van der Waals surface area contributed by atoms with Gasteiger partial charge < -0.3 is 20.1 Å². The zero-order valence-corrected chi connectivity index (χ0v) is 11.2. The number of ether oxygens (including phenoxy) is 2. The third kappa shape index (κ3) is 3.15. The molecule has 100 valence electrons. The third-order valence-electron chi connectivity index (χ3n) is 3.14. The predicted octanol–water partition coefficient (Wildman–Crippen LogP) is 2.37. The smallest absolute Gasteiger partial charge is 0.189 e. The van der Waals surface area contributed by atoms with E-state index in [1.54, 1.807) is 0 Å². The summed E-state index contributed by atoms with van der Waals surface area (Å²) in [6.45, 7) is 5.09. The zero-order valence-electron chi connectivity index (χ0n) is 11.2. The van der Waals surface area contributed by atoms with Gasteiger partial charge in [-0.25, -0.2) is 0 Å². The maximum atomic E-state index is 5.93. The second-order valence-electron chi connectivity index (χ2n) is 4.87. The van der Waals surface area contributed by atoms with Crippen molar-refractivity contribution in [3.05, 3.63) is 23.3 Å². The molecule has 1 heterocycles. The number of nitrogen functional groups attached to an aromatic ring is 1. The molecular formula is C14H22N2O2. The highest BCUT2D eigenvalue weighted by atomic mass is 16.7. The number of unbranched alkanes of at least 4 members (excludes halogenated alkanes) is 1. The van der Waals surface area contributed by atoms with Crippen LogP contribution < -0.4 is 10.5 Å². The van der Waals surface area contributed by atoms with Crippen LogP contribution in [0.4, 0.5) is 5.69 Å². The van der Waals surface area contributed by atoms with Crippen LogP contribution in [0.25, 0.3) is 0 Å². The number of benzene rings is 1. The summed E-state index contributed by atoms with van der Waals surface area (Å²) in [5.41, 5.74) is 8.92. The molecule has 0 bridgehead atoms. The van der Waals surface area contributed by atoms with E-state index < -0.39 is 0 Å². The molecule has 4 heteroatoms. The highest BCUT2D eigenvalue weighted by Gasteiger charge is 2.16. The molecule has 2 N–H and O–H groups in total. The van der Waals surface area contributed by atoms with Crippen molar-refractivity contribution < 1.29 is 9.47 Å². The number of nitrogens with two attached hydrogens (primary N) is 1. The Labute approximate surface area is 109 Å². The summed E-state index contributed by atoms with van der Waals surface area (Å²) >= 11 is 0. The number of anilines is 1. The molecule has 1 aliphatic rings. The third-order valence-corrected chi connectivity index (χ3v) is 3.14. The first-order valence-electron chi connectivity index (χ1n) is 6.51. The van der Waals surface area contributed by atoms with E-state index in [1.807, 2.05) is 12.1 Å². The van der Waals surface area contributed by atoms with Crippen LogP contribution in [0.15, 0.2) is 12.1 Å². The van der Waals surface area contributed by atoms with Gasteiger partial charge in [0.1, 0.15) is 5.75 Å². The van der Waals surface area contributed by atoms with E-state index in [2.05, 4.69) is 18.9 Å². The van der Waals surface area contributed by atoms with Crippen molar-refractivity contribution in [2.75, 3.05) is 26.1 Å². The minimum absolute atomic E-state index is 0.336. The lowest BCUT2D eigenvalue weighted by Gasteiger charge is -2.24. The van der Waals surface area contributed by atoms with Gasteiger partial charge in [0, 0.05) is 23.4 Å². The molecular weight excluding hydrogens is 228 g/mol. The number of fused-ring (bicyclic) bond motifs is 1. The van der Waals surface area contributed by atoms with Crippen molar-refractivity contribution in [2.24, 2.45) is 0 Å². The van der Waals surface area contributed by atoms with Crippen molar-refractivity contribution in [1.82, 2.24) is 4.90 Å². The Bertz CT molecular complexity index is 407. The number of hydrogen-bond acceptors (Lipinski definition) is 4. The molecule has 0 radical (unpaired) electrons. The summed E-state index contributed by atoms with van der Waals surface area (Å²) in [4.78, 5) is 2.30. The lowest BCUT2D eigenvalue weighted by molar-refractivity contribution is -0.0173. The Morgan fingerprint density at radius 1 is 1.39 bits per heavy atom. The molecule has 0 aliphatic carbocycles. The van der Waals surface area contributed by atoms with Crippen LogP contribution in [-0.4, -0.2) is 25.3 Å². The summed E-state index contributed by atoms with van der Waals surface area (Å²) in [7, 11) is 2.13. The lowest BCUT2D eigenvalue weighted by Crippen LogP contribution is -2.21. The minimum Gasteiger partial charge on any atom is -0.467 e. The highest BCUT2D eigenvalue weighted by molar-refractivity contribution is 5.53. The second-order valence-corrected chi connectivity index (χ2v) is 4.87. The SMILES string of the molecule is CCCCN(C)Cc1cc(N)cc2c1OCOC2. The van der Waals surface area contributed by atoms with E-state index in [1.165, 1.54) is 12.8 Å². The van der Waals surface area contributed by atoms with Crippen LogP contribution in [0.5, 0.6) is 5.75 Å². The summed E-state index contributed by atoms with van der Waals surface area (Å²) in [5, 5.41) is 0. The first-order chi connectivity index (χ1) is 8.70. The average Bonchev–Trinajstić information content (AvgIpc) is 2.36. The number of nitrogens with zero attached hydrogens (tertiary/aromatic N) is 1. The van der Waals surface area contributed by atoms with Crippen LogP contribution in [0.1, 0.15) is 30.9 Å². The monoisotopic (exact) mass is 250 g/mol. The number of hydrogen-bond donors (Lipinski definition) is 1. The van der Waals surface area contributed by atoms with Crippen molar-refractivity contribution >= 4 is 5.69 Å². The molecule has 0 saturated carbocycles. The van der Waals surface area contributed by atoms with Gasteiger partial charge in [-0.2, -0.15) is 0 Å². The van der Waals surface area contributed by atoms with Gasteiger partial charge in [0.15, 0.2) is 6.79 Å². The van der Waals surface area contributed by atoms with Crippen LogP contribution in [0.3, 0.4) is 0 Å². The van der Waals surface area contributed by atoms with E-state index in [4.69, 9.17) is 15.2 Å². The molecule has 1 aromatic rings. The van der Waals surface area contributed by atoms with Crippen LogP contribution in [0, 0.1) is 0 Å². The van der Waals surface area contributed by atoms with Gasteiger partial charge in [0.05, 0.1) is 6.61 Å². The molecule has 2 rings (SSSR count). The van der Waals surface area contributed by atoms with E-state index in [9.17, 15) is 0 Å². The summed E-state index contributed by atoms with van der Waals surface area (Å²) < 4.78 is 10.9. The molecule has 0 unspecified atom stereocenters. The summed E-state index contributed by atoms with van der Waals surface area (Å²) in [5.74, 6) is 0.957. The van der Waals surface area contributed by atoms with E-state index in [0.29, 0.717) is 13.4 Å². The first-order valence-corrected chi connectivity index (χ1v) is 6.51. The summed E-state index contributed by atoms with van der Waals surface area (Å²) in [6, 6.07) is 3.94. The normalized spacial score (nSPS) is 14.4. The van der Waals surface area contributed by atoms with Crippen molar-refractivity contribution in [1.29, 1.82) is 0 Å². The van der Waals surface area contributed by atoms with Crippen LogP contribution in [-0.2, 0) is 17.9 Å². The average molecular weight is 250 g/mol. The summed E-state index contributed by atoms with van der Waals surface area (Å²) in [6.07, 6.45) is 2.43. The molecule has 0 amide bonds. The fourth-order valence-corrected chi connectivity index (χ4v) is 2.24. The predicted molar refractivity (Wildman–Crippen MR) is 72.4 cm³/mol. The maximum absolute atomic E-state index is 5.93. The van der Waals surface area contributed by atoms with Gasteiger partial charge in [-0.15, -0.1) is 0 Å². The van der Waals surface area contributed by atoms with Crippen LogP contribution in [0.2, 0.25) is 0 Å². The van der Waals surface area contributed by atoms with E-state index >= 15 is 0 Å². The molecule has 1 aromatic carbocycles. The molecule has 0 saturated heterocycles. The fraction of sp³-hybridized carbons (Fsp3) is 0.571. The molecule has 18 heavy (non-hydrogen) atoms. The Morgan fingerprint density at radius 3 is 3.00 bits per heavy atom. The largest absolute Gasteiger partial charge is 0.467 e. The van der Waals surface area contributed by atoms with E-state index in [0.717, 1.165) is 35.7 Å². The second kappa shape index (κ2) is 6.07. The molecule has 0 fully saturated rings. The Balaban J connectivity index is 2.13. The molecule has 4 nitrogen and oxygen atoms in total. The van der Waals surface area contributed by atoms with Gasteiger partial charge in [-0.3, -0.25) is 0 Å². The van der Waals surface area contributed by atoms with Crippen molar-refractivity contribution in [3.8, 4) is 5.75 Å². The maximum Gasteiger partial charge on any atom is 0.189 e. The Hall–Kier alpha value is -1.26. The Morgan fingerprint density at radius 2 is 2.22 bits per heavy atom.